The number of benzene rings is 1. The molecule has 0 atom stereocenters. The normalized spacial score (nSPS) is 10.8. The first-order chi connectivity index (χ1) is 10.0. The van der Waals surface area contributed by atoms with Crippen LogP contribution in [0.5, 0.6) is 0 Å². The Kier molecular flexibility index (Phi) is 3.84. The van der Waals surface area contributed by atoms with Gasteiger partial charge in [-0.15, -0.1) is 11.3 Å². The predicted octanol–water partition coefficient (Wildman–Crippen LogP) is 5.18. The molecule has 0 bridgehead atoms. The molecule has 7 heteroatoms. The zero-order valence-corrected chi connectivity index (χ0v) is 13.5. The number of aromatic carboxylic acids is 1. The fourth-order valence-electron chi connectivity index (χ4n) is 1.75. The molecule has 106 valence electrons. The smallest absolute Gasteiger partial charge is 0.338 e. The molecule has 0 aliphatic rings. The number of furan rings is 1. The highest BCUT2D eigenvalue weighted by Gasteiger charge is 2.14. The third-order valence-electron chi connectivity index (χ3n) is 2.76. The minimum Gasteiger partial charge on any atom is -0.478 e. The lowest BCUT2D eigenvalue weighted by molar-refractivity contribution is 0.0696. The summed E-state index contributed by atoms with van der Waals surface area (Å²) in [5.41, 5.74) is 1.57. The lowest BCUT2D eigenvalue weighted by Gasteiger charge is -2.00. The van der Waals surface area contributed by atoms with E-state index in [4.69, 9.17) is 21.1 Å². The van der Waals surface area contributed by atoms with E-state index in [9.17, 15) is 4.79 Å². The Balaban J connectivity index is 1.99. The van der Waals surface area contributed by atoms with Crippen molar-refractivity contribution in [2.75, 3.05) is 0 Å². The quantitative estimate of drug-likeness (QED) is 0.675. The van der Waals surface area contributed by atoms with E-state index in [0.29, 0.717) is 16.5 Å². The van der Waals surface area contributed by atoms with E-state index in [0.717, 1.165) is 15.0 Å². The Morgan fingerprint density at radius 3 is 2.90 bits per heavy atom. The summed E-state index contributed by atoms with van der Waals surface area (Å²) in [7, 11) is 0. The van der Waals surface area contributed by atoms with Crippen LogP contribution in [0.3, 0.4) is 0 Å². The number of carboxylic acid groups (broad SMARTS) is 1. The highest BCUT2D eigenvalue weighted by atomic mass is 79.9. The molecule has 0 spiro atoms. The van der Waals surface area contributed by atoms with Gasteiger partial charge in [-0.1, -0.05) is 27.5 Å². The van der Waals surface area contributed by atoms with Gasteiger partial charge in [-0.3, -0.25) is 0 Å². The van der Waals surface area contributed by atoms with Crippen molar-refractivity contribution in [3.63, 3.8) is 0 Å². The molecule has 2 aromatic heterocycles. The molecule has 0 aliphatic heterocycles. The zero-order valence-electron chi connectivity index (χ0n) is 10.3. The van der Waals surface area contributed by atoms with Gasteiger partial charge in [0.1, 0.15) is 17.0 Å². The van der Waals surface area contributed by atoms with E-state index >= 15 is 0 Å². The van der Waals surface area contributed by atoms with Gasteiger partial charge in [0.25, 0.3) is 0 Å². The summed E-state index contributed by atoms with van der Waals surface area (Å²) in [5.74, 6) is -0.605. The van der Waals surface area contributed by atoms with Crippen LogP contribution in [-0.2, 0) is 0 Å². The van der Waals surface area contributed by atoms with E-state index in [2.05, 4.69) is 20.9 Å². The lowest BCUT2D eigenvalue weighted by atomic mass is 10.2. The molecule has 3 aromatic rings. The Morgan fingerprint density at radius 1 is 1.38 bits per heavy atom. The average Bonchev–Trinajstić information content (AvgIpc) is 3.09. The van der Waals surface area contributed by atoms with Gasteiger partial charge in [0.15, 0.2) is 5.76 Å². The number of nitrogens with zero attached hydrogens (tertiary/aromatic N) is 1. The van der Waals surface area contributed by atoms with Gasteiger partial charge in [0, 0.05) is 26.5 Å². The first-order valence-corrected chi connectivity index (χ1v) is 7.83. The van der Waals surface area contributed by atoms with Gasteiger partial charge in [-0.25, -0.2) is 9.78 Å². The van der Waals surface area contributed by atoms with Crippen LogP contribution in [0.4, 0.5) is 0 Å². The van der Waals surface area contributed by atoms with Gasteiger partial charge in [-0.2, -0.15) is 0 Å². The van der Waals surface area contributed by atoms with Crippen LogP contribution in [0, 0.1) is 0 Å². The molecule has 0 saturated heterocycles. The number of halogens is 2. The highest BCUT2D eigenvalue weighted by molar-refractivity contribution is 9.10. The van der Waals surface area contributed by atoms with E-state index in [1.54, 1.807) is 6.07 Å². The summed E-state index contributed by atoms with van der Waals surface area (Å²) < 4.78 is 6.13. The molecular weight excluding hydrogens is 378 g/mol. The standard InChI is InChI=1S/C14H7BrClNO3S/c15-10-2-1-8(16)4-9(10)13-17-11(6-21-13)12-3-7(5-20-12)14(18)19/h1-6H,(H,18,19). The molecule has 1 N–H and O–H groups in total. The van der Waals surface area contributed by atoms with Crippen LogP contribution in [-0.4, -0.2) is 16.1 Å². The molecule has 0 saturated carbocycles. The second-order valence-electron chi connectivity index (χ2n) is 4.17. The average molecular weight is 385 g/mol. The van der Waals surface area contributed by atoms with Crippen molar-refractivity contribution >= 4 is 44.8 Å². The molecule has 21 heavy (non-hydrogen) atoms. The second kappa shape index (κ2) is 5.63. The number of carbonyl (C=O) groups is 1. The van der Waals surface area contributed by atoms with Gasteiger partial charge in [0.2, 0.25) is 0 Å². The summed E-state index contributed by atoms with van der Waals surface area (Å²) in [6, 6.07) is 6.91. The minimum atomic E-state index is -1.03. The van der Waals surface area contributed by atoms with Gasteiger partial charge in [0.05, 0.1) is 5.56 Å². The molecule has 3 rings (SSSR count). The molecule has 2 heterocycles. The summed E-state index contributed by atoms with van der Waals surface area (Å²) in [6.45, 7) is 0. The minimum absolute atomic E-state index is 0.100. The monoisotopic (exact) mass is 383 g/mol. The summed E-state index contributed by atoms with van der Waals surface area (Å²) in [4.78, 5) is 15.3. The summed E-state index contributed by atoms with van der Waals surface area (Å²) in [6.07, 6.45) is 1.20. The first kappa shape index (κ1) is 14.3. The maximum Gasteiger partial charge on any atom is 0.338 e. The lowest BCUT2D eigenvalue weighted by Crippen LogP contribution is -1.91. The molecular formula is C14H7BrClNO3S. The number of hydrogen-bond acceptors (Lipinski definition) is 4. The third kappa shape index (κ3) is 2.88. The summed E-state index contributed by atoms with van der Waals surface area (Å²) >= 11 is 10.9. The maximum atomic E-state index is 10.9. The maximum absolute atomic E-state index is 10.9. The van der Waals surface area contributed by atoms with E-state index in [1.807, 2.05) is 17.5 Å². The largest absolute Gasteiger partial charge is 0.478 e. The van der Waals surface area contributed by atoms with Crippen molar-refractivity contribution < 1.29 is 14.3 Å². The number of aromatic nitrogens is 1. The third-order valence-corrected chi connectivity index (χ3v) is 4.56. The highest BCUT2D eigenvalue weighted by Crippen LogP contribution is 2.35. The number of carboxylic acids is 1. The molecule has 0 aliphatic carbocycles. The first-order valence-electron chi connectivity index (χ1n) is 5.78. The van der Waals surface area contributed by atoms with Gasteiger partial charge >= 0.3 is 5.97 Å². The number of thiazole rings is 1. The van der Waals surface area contributed by atoms with Crippen molar-refractivity contribution in [3.8, 4) is 22.0 Å². The van der Waals surface area contributed by atoms with Crippen molar-refractivity contribution in [3.05, 3.63) is 51.0 Å². The van der Waals surface area contributed by atoms with Crippen LogP contribution in [0.25, 0.3) is 22.0 Å². The topological polar surface area (TPSA) is 63.3 Å². The Bertz CT molecular complexity index is 827. The Hall–Kier alpha value is -1.63. The Morgan fingerprint density at radius 2 is 2.19 bits per heavy atom. The molecule has 0 unspecified atom stereocenters. The van der Waals surface area contributed by atoms with Crippen LogP contribution in [0.1, 0.15) is 10.4 Å². The number of rotatable bonds is 3. The summed E-state index contributed by atoms with van der Waals surface area (Å²) in [5, 5.41) is 12.1. The van der Waals surface area contributed by atoms with Crippen molar-refractivity contribution in [1.29, 1.82) is 0 Å². The second-order valence-corrected chi connectivity index (χ2v) is 6.32. The Labute approximate surface area is 137 Å². The predicted molar refractivity (Wildman–Crippen MR) is 84.9 cm³/mol. The molecule has 0 radical (unpaired) electrons. The molecule has 1 aromatic carbocycles. The number of hydrogen-bond donors (Lipinski definition) is 1. The van der Waals surface area contributed by atoms with Crippen molar-refractivity contribution in [1.82, 2.24) is 4.98 Å². The van der Waals surface area contributed by atoms with E-state index in [1.165, 1.54) is 23.7 Å². The van der Waals surface area contributed by atoms with Crippen LogP contribution in [0.15, 0.2) is 44.8 Å². The molecule has 0 amide bonds. The van der Waals surface area contributed by atoms with Crippen LogP contribution >= 0.6 is 38.9 Å². The van der Waals surface area contributed by atoms with E-state index < -0.39 is 5.97 Å². The molecule has 0 fully saturated rings. The van der Waals surface area contributed by atoms with Crippen LogP contribution in [0.2, 0.25) is 5.02 Å². The zero-order chi connectivity index (χ0) is 15.0. The van der Waals surface area contributed by atoms with Gasteiger partial charge in [-0.05, 0) is 18.2 Å². The van der Waals surface area contributed by atoms with Crippen LogP contribution < -0.4 is 0 Å². The molecule has 4 nitrogen and oxygen atoms in total. The van der Waals surface area contributed by atoms with E-state index in [-0.39, 0.29) is 5.56 Å². The fraction of sp³-hybridized carbons (Fsp3) is 0. The van der Waals surface area contributed by atoms with Gasteiger partial charge < -0.3 is 9.52 Å². The van der Waals surface area contributed by atoms with Crippen molar-refractivity contribution in [2.24, 2.45) is 0 Å². The van der Waals surface area contributed by atoms with Crippen molar-refractivity contribution in [2.45, 2.75) is 0 Å². The SMILES string of the molecule is O=C(O)c1coc(-c2csc(-c3cc(Cl)ccc3Br)n2)c1. The fourth-order valence-corrected chi connectivity index (χ4v) is 3.33.